The number of carbonyl (C=O) groups is 1. The zero-order chi connectivity index (χ0) is 12.3. The minimum Gasteiger partial charge on any atom is -0.476 e. The molecule has 0 amide bonds. The van der Waals surface area contributed by atoms with E-state index >= 15 is 0 Å². The van der Waals surface area contributed by atoms with Gasteiger partial charge in [0, 0.05) is 12.6 Å². The predicted molar refractivity (Wildman–Crippen MR) is 61.1 cm³/mol. The molecule has 2 atom stereocenters. The van der Waals surface area contributed by atoms with E-state index < -0.39 is 5.97 Å². The zero-order valence-corrected chi connectivity index (χ0v) is 9.59. The Morgan fingerprint density at radius 2 is 2.41 bits per heavy atom. The molecule has 0 saturated carbocycles. The van der Waals surface area contributed by atoms with Gasteiger partial charge in [-0.15, -0.1) is 0 Å². The van der Waals surface area contributed by atoms with Gasteiger partial charge in [-0.05, 0) is 19.8 Å². The first-order valence-electron chi connectivity index (χ1n) is 5.58. The van der Waals surface area contributed by atoms with Crippen LogP contribution in [-0.4, -0.2) is 39.8 Å². The number of anilines is 1. The van der Waals surface area contributed by atoms with Crippen molar-refractivity contribution in [2.24, 2.45) is 0 Å². The molecule has 0 radical (unpaired) electrons. The van der Waals surface area contributed by atoms with Gasteiger partial charge in [-0.25, -0.2) is 9.78 Å². The summed E-state index contributed by atoms with van der Waals surface area (Å²) in [5.74, 6) is -0.564. The van der Waals surface area contributed by atoms with Gasteiger partial charge < -0.3 is 15.2 Å². The second kappa shape index (κ2) is 5.09. The molecule has 6 heteroatoms. The standard InChI is InChI=1S/C11H15N3O3/c1-7-4-8(2-3-17-7)13-10-6-12-5-9(14-10)11(15)16/h5-8H,2-4H2,1H3,(H,13,14)(H,15,16). The third kappa shape index (κ3) is 3.13. The molecule has 1 aliphatic rings. The molecule has 17 heavy (non-hydrogen) atoms. The van der Waals surface area contributed by atoms with Crippen molar-refractivity contribution in [2.75, 3.05) is 11.9 Å². The molecule has 2 unspecified atom stereocenters. The Morgan fingerprint density at radius 1 is 1.59 bits per heavy atom. The summed E-state index contributed by atoms with van der Waals surface area (Å²) in [6.07, 6.45) is 4.77. The Morgan fingerprint density at radius 3 is 3.12 bits per heavy atom. The number of hydrogen-bond acceptors (Lipinski definition) is 5. The van der Waals surface area contributed by atoms with Crippen LogP contribution in [0.15, 0.2) is 12.4 Å². The largest absolute Gasteiger partial charge is 0.476 e. The number of carboxylic acid groups (broad SMARTS) is 1. The first-order chi connectivity index (χ1) is 8.15. The summed E-state index contributed by atoms with van der Waals surface area (Å²) < 4.78 is 5.44. The predicted octanol–water partition coefficient (Wildman–Crippen LogP) is 1.15. The average molecular weight is 237 g/mol. The van der Waals surface area contributed by atoms with Crippen molar-refractivity contribution in [3.05, 3.63) is 18.1 Å². The highest BCUT2D eigenvalue weighted by Gasteiger charge is 2.19. The molecule has 0 bridgehead atoms. The third-order valence-electron chi connectivity index (χ3n) is 2.69. The third-order valence-corrected chi connectivity index (χ3v) is 2.69. The van der Waals surface area contributed by atoms with Gasteiger partial charge in [0.05, 0.1) is 18.5 Å². The lowest BCUT2D eigenvalue weighted by Gasteiger charge is -2.28. The molecule has 1 fully saturated rings. The molecule has 1 aromatic rings. The Kier molecular flexibility index (Phi) is 3.53. The minimum atomic E-state index is -1.07. The van der Waals surface area contributed by atoms with Crippen molar-refractivity contribution in [1.82, 2.24) is 9.97 Å². The number of ether oxygens (including phenoxy) is 1. The number of nitrogens with zero attached hydrogens (tertiary/aromatic N) is 2. The van der Waals surface area contributed by atoms with Crippen LogP contribution in [0.3, 0.4) is 0 Å². The van der Waals surface area contributed by atoms with E-state index in [2.05, 4.69) is 15.3 Å². The van der Waals surface area contributed by atoms with Crippen LogP contribution in [0, 0.1) is 0 Å². The maximum Gasteiger partial charge on any atom is 0.356 e. The lowest BCUT2D eigenvalue weighted by atomic mass is 10.0. The summed E-state index contributed by atoms with van der Waals surface area (Å²) >= 11 is 0. The Hall–Kier alpha value is -1.69. The summed E-state index contributed by atoms with van der Waals surface area (Å²) in [6.45, 7) is 2.73. The van der Waals surface area contributed by atoms with Crippen molar-refractivity contribution in [2.45, 2.75) is 31.9 Å². The second-order valence-electron chi connectivity index (χ2n) is 4.14. The number of carboxylic acids is 1. The maximum atomic E-state index is 10.7. The van der Waals surface area contributed by atoms with Crippen LogP contribution in [0.1, 0.15) is 30.3 Å². The van der Waals surface area contributed by atoms with Gasteiger partial charge in [0.2, 0.25) is 0 Å². The molecular weight excluding hydrogens is 222 g/mol. The molecule has 0 spiro atoms. The molecule has 2 N–H and O–H groups in total. The lowest BCUT2D eigenvalue weighted by Crippen LogP contribution is -2.32. The monoisotopic (exact) mass is 237 g/mol. The van der Waals surface area contributed by atoms with E-state index in [1.807, 2.05) is 6.92 Å². The van der Waals surface area contributed by atoms with E-state index in [0.717, 1.165) is 12.8 Å². The Labute approximate surface area is 99.0 Å². The van der Waals surface area contributed by atoms with Crippen LogP contribution in [-0.2, 0) is 4.74 Å². The Balaban J connectivity index is 2.02. The summed E-state index contributed by atoms with van der Waals surface area (Å²) in [7, 11) is 0. The van der Waals surface area contributed by atoms with Gasteiger partial charge in [0.15, 0.2) is 5.69 Å². The summed E-state index contributed by atoms with van der Waals surface area (Å²) in [5.41, 5.74) is -0.0462. The van der Waals surface area contributed by atoms with E-state index in [-0.39, 0.29) is 17.8 Å². The van der Waals surface area contributed by atoms with Crippen molar-refractivity contribution in [1.29, 1.82) is 0 Å². The lowest BCUT2D eigenvalue weighted by molar-refractivity contribution is 0.0231. The van der Waals surface area contributed by atoms with Gasteiger partial charge in [0.25, 0.3) is 0 Å². The first-order valence-corrected chi connectivity index (χ1v) is 5.58. The quantitative estimate of drug-likeness (QED) is 0.820. The normalized spacial score (nSPS) is 24.3. The summed E-state index contributed by atoms with van der Waals surface area (Å²) in [6, 6.07) is 0.261. The highest BCUT2D eigenvalue weighted by molar-refractivity contribution is 5.85. The van der Waals surface area contributed by atoms with Crippen molar-refractivity contribution in [3.8, 4) is 0 Å². The van der Waals surface area contributed by atoms with E-state index in [0.29, 0.717) is 12.4 Å². The molecule has 2 heterocycles. The maximum absolute atomic E-state index is 10.7. The highest BCUT2D eigenvalue weighted by Crippen LogP contribution is 2.17. The molecule has 92 valence electrons. The number of aromatic nitrogens is 2. The van der Waals surface area contributed by atoms with Crippen LogP contribution in [0.2, 0.25) is 0 Å². The fourth-order valence-electron chi connectivity index (χ4n) is 1.88. The molecule has 1 saturated heterocycles. The number of aromatic carboxylic acids is 1. The second-order valence-corrected chi connectivity index (χ2v) is 4.14. The van der Waals surface area contributed by atoms with Gasteiger partial charge in [0.1, 0.15) is 5.82 Å². The van der Waals surface area contributed by atoms with Gasteiger partial charge in [-0.2, -0.15) is 0 Å². The van der Waals surface area contributed by atoms with E-state index in [9.17, 15) is 4.79 Å². The summed E-state index contributed by atoms with van der Waals surface area (Å²) in [5, 5.41) is 12.0. The van der Waals surface area contributed by atoms with Gasteiger partial charge in [-0.1, -0.05) is 0 Å². The van der Waals surface area contributed by atoms with Crippen LogP contribution >= 0.6 is 0 Å². The molecule has 1 aliphatic heterocycles. The van der Waals surface area contributed by atoms with Crippen molar-refractivity contribution in [3.63, 3.8) is 0 Å². The summed E-state index contributed by atoms with van der Waals surface area (Å²) in [4.78, 5) is 18.6. The minimum absolute atomic E-state index is 0.0462. The van der Waals surface area contributed by atoms with Crippen molar-refractivity contribution >= 4 is 11.8 Å². The first kappa shape index (κ1) is 11.8. The SMILES string of the molecule is CC1CC(Nc2cncc(C(=O)O)n2)CCO1. The average Bonchev–Trinajstić information content (AvgIpc) is 2.29. The fraction of sp³-hybridized carbons (Fsp3) is 0.545. The molecule has 1 aromatic heterocycles. The van der Waals surface area contributed by atoms with Crippen LogP contribution in [0.4, 0.5) is 5.82 Å². The zero-order valence-electron chi connectivity index (χ0n) is 9.59. The molecule has 2 rings (SSSR count). The van der Waals surface area contributed by atoms with E-state index in [1.54, 1.807) is 0 Å². The van der Waals surface area contributed by atoms with Crippen LogP contribution in [0.25, 0.3) is 0 Å². The molecule has 0 aliphatic carbocycles. The van der Waals surface area contributed by atoms with E-state index in [1.165, 1.54) is 12.4 Å². The topological polar surface area (TPSA) is 84.3 Å². The van der Waals surface area contributed by atoms with Gasteiger partial charge in [-0.3, -0.25) is 4.98 Å². The molecular formula is C11H15N3O3. The van der Waals surface area contributed by atoms with Crippen LogP contribution < -0.4 is 5.32 Å². The molecule has 0 aromatic carbocycles. The van der Waals surface area contributed by atoms with E-state index in [4.69, 9.17) is 9.84 Å². The smallest absolute Gasteiger partial charge is 0.356 e. The van der Waals surface area contributed by atoms with Crippen molar-refractivity contribution < 1.29 is 14.6 Å². The number of hydrogen-bond donors (Lipinski definition) is 2. The van der Waals surface area contributed by atoms with Gasteiger partial charge >= 0.3 is 5.97 Å². The highest BCUT2D eigenvalue weighted by atomic mass is 16.5. The fourth-order valence-corrected chi connectivity index (χ4v) is 1.88. The number of rotatable bonds is 3. The number of nitrogens with one attached hydrogen (secondary N) is 1. The molecule has 6 nitrogen and oxygen atoms in total. The van der Waals surface area contributed by atoms with Crippen LogP contribution in [0.5, 0.6) is 0 Å². The Bertz CT molecular complexity index is 411.